The Kier molecular flexibility index (Phi) is 1.65. The van der Waals surface area contributed by atoms with Crippen molar-refractivity contribution in [3.63, 3.8) is 0 Å². The number of hydrogen-bond acceptors (Lipinski definition) is 1. The summed E-state index contributed by atoms with van der Waals surface area (Å²) in [5.74, 6) is -0.461. The van der Waals surface area contributed by atoms with E-state index in [-0.39, 0.29) is 10.8 Å². The maximum atomic E-state index is 13.3. The summed E-state index contributed by atoms with van der Waals surface area (Å²) in [4.78, 5) is 14.1. The van der Waals surface area contributed by atoms with Crippen molar-refractivity contribution in [3.8, 4) is 0 Å². The van der Waals surface area contributed by atoms with E-state index < -0.39 is 5.82 Å². The molecule has 1 heterocycles. The molecule has 66 valence electrons. The van der Waals surface area contributed by atoms with Crippen molar-refractivity contribution in [3.05, 3.63) is 46.0 Å². The van der Waals surface area contributed by atoms with Gasteiger partial charge in [0.2, 0.25) is 0 Å². The molecule has 2 aromatic rings. The number of hydrogen-bond donors (Lipinski definition) is 1. The van der Waals surface area contributed by atoms with Gasteiger partial charge >= 0.3 is 0 Å². The average Bonchev–Trinajstić information content (AvgIpc) is 2.02. The topological polar surface area (TPSA) is 32.9 Å². The van der Waals surface area contributed by atoms with Gasteiger partial charge in [-0.1, -0.05) is 0 Å². The van der Waals surface area contributed by atoms with Gasteiger partial charge < -0.3 is 4.98 Å². The number of pyridine rings is 1. The highest BCUT2D eigenvalue weighted by Crippen LogP contribution is 2.13. The number of aromatic amines is 1. The number of aryl methyl sites for hydroxylation is 1. The summed E-state index contributed by atoms with van der Waals surface area (Å²) in [6.45, 7) is 1.79. The van der Waals surface area contributed by atoms with Gasteiger partial charge in [0.15, 0.2) is 5.43 Å². The third kappa shape index (κ3) is 1.22. The van der Waals surface area contributed by atoms with E-state index in [9.17, 15) is 9.18 Å². The molecule has 0 aliphatic heterocycles. The molecule has 0 saturated carbocycles. The summed E-state index contributed by atoms with van der Waals surface area (Å²) < 4.78 is 13.3. The van der Waals surface area contributed by atoms with Crippen LogP contribution in [0.1, 0.15) is 5.56 Å². The number of fused-ring (bicyclic) bond motifs is 1. The first-order chi connectivity index (χ1) is 6.18. The molecule has 2 nitrogen and oxygen atoms in total. The molecule has 0 radical (unpaired) electrons. The largest absolute Gasteiger partial charge is 0.361 e. The predicted molar refractivity (Wildman–Crippen MR) is 49.3 cm³/mol. The molecule has 3 heteroatoms. The van der Waals surface area contributed by atoms with Crippen molar-refractivity contribution in [1.29, 1.82) is 0 Å². The molecular formula is C10H8FNO. The van der Waals surface area contributed by atoms with Crippen LogP contribution in [-0.4, -0.2) is 4.98 Å². The van der Waals surface area contributed by atoms with Gasteiger partial charge in [-0.05, 0) is 24.6 Å². The first kappa shape index (κ1) is 7.98. The quantitative estimate of drug-likeness (QED) is 0.655. The number of halogens is 1. The highest BCUT2D eigenvalue weighted by atomic mass is 19.1. The van der Waals surface area contributed by atoms with Crippen LogP contribution < -0.4 is 5.43 Å². The lowest BCUT2D eigenvalue weighted by atomic mass is 10.1. The van der Waals surface area contributed by atoms with E-state index in [4.69, 9.17) is 0 Å². The Morgan fingerprint density at radius 3 is 2.92 bits per heavy atom. The van der Waals surface area contributed by atoms with Crippen LogP contribution in [0, 0.1) is 12.7 Å². The molecule has 1 N–H and O–H groups in total. The Morgan fingerprint density at radius 2 is 2.15 bits per heavy atom. The Labute approximate surface area is 74.0 Å². The Hall–Kier alpha value is -1.64. The van der Waals surface area contributed by atoms with E-state index >= 15 is 0 Å². The van der Waals surface area contributed by atoms with Crippen molar-refractivity contribution in [2.75, 3.05) is 0 Å². The molecule has 13 heavy (non-hydrogen) atoms. The monoisotopic (exact) mass is 177 g/mol. The Bertz CT molecular complexity index is 516. The molecular weight excluding hydrogens is 169 g/mol. The molecule has 0 bridgehead atoms. The van der Waals surface area contributed by atoms with Crippen molar-refractivity contribution >= 4 is 10.9 Å². The van der Waals surface area contributed by atoms with Crippen molar-refractivity contribution in [1.82, 2.24) is 4.98 Å². The molecule has 0 saturated heterocycles. The van der Waals surface area contributed by atoms with Crippen LogP contribution in [-0.2, 0) is 0 Å². The van der Waals surface area contributed by atoms with E-state index in [1.165, 1.54) is 18.3 Å². The van der Waals surface area contributed by atoms with Gasteiger partial charge in [-0.2, -0.15) is 0 Å². The third-order valence-corrected chi connectivity index (χ3v) is 1.95. The van der Waals surface area contributed by atoms with Gasteiger partial charge in [-0.3, -0.25) is 4.79 Å². The maximum Gasteiger partial charge on any atom is 0.192 e. The SMILES string of the molecule is Cc1cc(F)c2c(=O)cc[nH]c2c1. The summed E-state index contributed by atoms with van der Waals surface area (Å²) in [5, 5.41) is 0.133. The van der Waals surface area contributed by atoms with Crippen molar-refractivity contribution in [2.24, 2.45) is 0 Å². The molecule has 0 atom stereocenters. The molecule has 0 amide bonds. The molecule has 2 rings (SSSR count). The predicted octanol–water partition coefficient (Wildman–Crippen LogP) is 1.98. The van der Waals surface area contributed by atoms with Crippen LogP contribution in [0.4, 0.5) is 4.39 Å². The number of rotatable bonds is 0. The van der Waals surface area contributed by atoms with Gasteiger partial charge in [0.25, 0.3) is 0 Å². The Balaban J connectivity index is 3.03. The van der Waals surface area contributed by atoms with Gasteiger partial charge in [-0.25, -0.2) is 4.39 Å². The maximum absolute atomic E-state index is 13.3. The van der Waals surface area contributed by atoms with Gasteiger partial charge in [0, 0.05) is 12.3 Å². The van der Waals surface area contributed by atoms with Crippen LogP contribution in [0.25, 0.3) is 10.9 Å². The summed E-state index contributed by atoms with van der Waals surface area (Å²) in [7, 11) is 0. The lowest BCUT2D eigenvalue weighted by Crippen LogP contribution is -2.02. The summed E-state index contributed by atoms with van der Waals surface area (Å²) in [6.07, 6.45) is 1.52. The average molecular weight is 177 g/mol. The lowest BCUT2D eigenvalue weighted by molar-refractivity contribution is 0.638. The minimum atomic E-state index is -0.461. The molecule has 1 aromatic heterocycles. The Morgan fingerprint density at radius 1 is 1.38 bits per heavy atom. The van der Waals surface area contributed by atoms with Crippen molar-refractivity contribution in [2.45, 2.75) is 6.92 Å². The second kappa shape index (κ2) is 2.69. The van der Waals surface area contributed by atoms with Gasteiger partial charge in [0.05, 0.1) is 10.9 Å². The lowest BCUT2D eigenvalue weighted by Gasteiger charge is -1.99. The number of H-pyrrole nitrogens is 1. The molecule has 1 aromatic carbocycles. The number of benzene rings is 1. The van der Waals surface area contributed by atoms with E-state index in [0.29, 0.717) is 5.52 Å². The van der Waals surface area contributed by atoms with Crippen LogP contribution >= 0.6 is 0 Å². The van der Waals surface area contributed by atoms with Crippen LogP contribution in [0.15, 0.2) is 29.2 Å². The smallest absolute Gasteiger partial charge is 0.192 e. The zero-order chi connectivity index (χ0) is 9.42. The standard InChI is InChI=1S/C10H8FNO/c1-6-4-7(11)10-8(5-6)12-3-2-9(10)13/h2-5H,1H3,(H,12,13). The molecule has 0 unspecified atom stereocenters. The van der Waals surface area contributed by atoms with E-state index in [2.05, 4.69) is 4.98 Å². The van der Waals surface area contributed by atoms with Crippen LogP contribution in [0.3, 0.4) is 0 Å². The summed E-state index contributed by atoms with van der Waals surface area (Å²) >= 11 is 0. The van der Waals surface area contributed by atoms with Crippen LogP contribution in [0.2, 0.25) is 0 Å². The number of nitrogens with one attached hydrogen (secondary N) is 1. The zero-order valence-corrected chi connectivity index (χ0v) is 7.10. The normalized spacial score (nSPS) is 10.6. The molecule has 0 aliphatic rings. The van der Waals surface area contributed by atoms with E-state index in [1.54, 1.807) is 13.0 Å². The first-order valence-corrected chi connectivity index (χ1v) is 3.96. The molecule has 0 aliphatic carbocycles. The molecule has 0 fully saturated rings. The minimum Gasteiger partial charge on any atom is -0.361 e. The van der Waals surface area contributed by atoms with Gasteiger partial charge in [-0.15, -0.1) is 0 Å². The minimum absolute atomic E-state index is 0.133. The molecule has 0 spiro atoms. The summed E-state index contributed by atoms with van der Waals surface area (Å²) in [6, 6.07) is 4.43. The second-order valence-electron chi connectivity index (χ2n) is 3.01. The third-order valence-electron chi connectivity index (χ3n) is 1.95. The number of aromatic nitrogens is 1. The van der Waals surface area contributed by atoms with Crippen LogP contribution in [0.5, 0.6) is 0 Å². The van der Waals surface area contributed by atoms with E-state index in [1.807, 2.05) is 0 Å². The summed E-state index contributed by atoms with van der Waals surface area (Å²) in [5.41, 5.74) is 1.06. The highest BCUT2D eigenvalue weighted by Gasteiger charge is 2.04. The fourth-order valence-electron chi connectivity index (χ4n) is 1.40. The van der Waals surface area contributed by atoms with E-state index in [0.717, 1.165) is 5.56 Å². The van der Waals surface area contributed by atoms with Crippen molar-refractivity contribution < 1.29 is 4.39 Å². The highest BCUT2D eigenvalue weighted by molar-refractivity contribution is 5.79. The fourth-order valence-corrected chi connectivity index (χ4v) is 1.40. The van der Waals surface area contributed by atoms with Gasteiger partial charge in [0.1, 0.15) is 5.82 Å². The zero-order valence-electron chi connectivity index (χ0n) is 7.10. The fraction of sp³-hybridized carbons (Fsp3) is 0.100. The second-order valence-corrected chi connectivity index (χ2v) is 3.01. The first-order valence-electron chi connectivity index (χ1n) is 3.96.